The van der Waals surface area contributed by atoms with Crippen LogP contribution < -0.4 is 10.2 Å². The maximum atomic E-state index is 9.11. The maximum absolute atomic E-state index is 9.11. The molecule has 0 saturated carbocycles. The predicted octanol–water partition coefficient (Wildman–Crippen LogP) is 1.46. The summed E-state index contributed by atoms with van der Waals surface area (Å²) >= 11 is 11.7. The van der Waals surface area contributed by atoms with Crippen LogP contribution in [-0.2, 0) is 0 Å². The van der Waals surface area contributed by atoms with E-state index in [2.05, 4.69) is 0 Å². The average Bonchev–Trinajstić information content (AvgIpc) is 2.12. The van der Waals surface area contributed by atoms with Gasteiger partial charge in [0.1, 0.15) is 10.8 Å². The topological polar surface area (TPSA) is 49.7 Å². The van der Waals surface area contributed by atoms with Crippen molar-refractivity contribution in [2.24, 2.45) is 0 Å². The molecule has 0 heterocycles. The van der Waals surface area contributed by atoms with Gasteiger partial charge in [0.2, 0.25) is 0 Å². The highest BCUT2D eigenvalue weighted by Gasteiger charge is 2.21. The lowest BCUT2D eigenvalue weighted by Gasteiger charge is -2.16. The van der Waals surface area contributed by atoms with Crippen molar-refractivity contribution in [3.05, 3.63) is 22.2 Å². The Morgan fingerprint density at radius 3 is 2.33 bits per heavy atom. The van der Waals surface area contributed by atoms with Crippen molar-refractivity contribution >= 4 is 35.8 Å². The molecule has 0 bridgehead atoms. The smallest absolute Gasteiger partial charge is 0.490 e. The number of hydrogen-bond donors (Lipinski definition) is 2. The standard InChI is InChI=1S/C9H11BCl2O3/c1-5(2)15-9-6(10(13)14)3-4-7(11)8(9)12/h3-5,13-14H,1-2H3. The van der Waals surface area contributed by atoms with Gasteiger partial charge in [-0.3, -0.25) is 0 Å². The highest BCUT2D eigenvalue weighted by molar-refractivity contribution is 6.61. The second kappa shape index (κ2) is 5.08. The number of benzene rings is 1. The van der Waals surface area contributed by atoms with E-state index in [-0.39, 0.29) is 22.3 Å². The molecule has 6 heteroatoms. The van der Waals surface area contributed by atoms with Gasteiger partial charge >= 0.3 is 7.12 Å². The highest BCUT2D eigenvalue weighted by Crippen LogP contribution is 2.30. The van der Waals surface area contributed by atoms with E-state index >= 15 is 0 Å². The van der Waals surface area contributed by atoms with Crippen LogP contribution >= 0.6 is 23.2 Å². The summed E-state index contributed by atoms with van der Waals surface area (Å²) in [6.45, 7) is 3.62. The first kappa shape index (κ1) is 12.7. The quantitative estimate of drug-likeness (QED) is 0.797. The van der Waals surface area contributed by atoms with Crippen molar-refractivity contribution in [1.29, 1.82) is 0 Å². The number of hydrogen-bond acceptors (Lipinski definition) is 3. The summed E-state index contributed by atoms with van der Waals surface area (Å²) < 4.78 is 5.38. The molecular formula is C9H11BCl2O3. The van der Waals surface area contributed by atoms with Gasteiger partial charge in [-0.05, 0) is 19.9 Å². The second-order valence-corrected chi connectivity index (χ2v) is 4.11. The van der Waals surface area contributed by atoms with Gasteiger partial charge in [-0.1, -0.05) is 29.3 Å². The molecule has 0 atom stereocenters. The largest absolute Gasteiger partial charge is 0.492 e. The molecule has 0 spiro atoms. The fraction of sp³-hybridized carbons (Fsp3) is 0.333. The number of ether oxygens (including phenoxy) is 1. The van der Waals surface area contributed by atoms with Crippen molar-refractivity contribution in [1.82, 2.24) is 0 Å². The van der Waals surface area contributed by atoms with Gasteiger partial charge in [-0.2, -0.15) is 0 Å². The molecule has 1 aromatic carbocycles. The lowest BCUT2D eigenvalue weighted by atomic mass is 9.79. The van der Waals surface area contributed by atoms with E-state index in [4.69, 9.17) is 38.0 Å². The molecule has 1 rings (SSSR count). The average molecular weight is 249 g/mol. The molecule has 1 aromatic rings. The molecule has 0 fully saturated rings. The molecule has 0 aromatic heterocycles. The Kier molecular flexibility index (Phi) is 4.28. The van der Waals surface area contributed by atoms with Crippen LogP contribution in [-0.4, -0.2) is 23.3 Å². The van der Waals surface area contributed by atoms with Crippen molar-refractivity contribution in [3.63, 3.8) is 0 Å². The predicted molar refractivity (Wildman–Crippen MR) is 62.1 cm³/mol. The summed E-state index contributed by atoms with van der Waals surface area (Å²) in [4.78, 5) is 0. The first-order valence-electron chi connectivity index (χ1n) is 4.44. The van der Waals surface area contributed by atoms with Crippen molar-refractivity contribution in [3.8, 4) is 5.75 Å². The van der Waals surface area contributed by atoms with E-state index in [9.17, 15) is 0 Å². The Balaban J connectivity index is 3.22. The molecule has 0 unspecified atom stereocenters. The highest BCUT2D eigenvalue weighted by atomic mass is 35.5. The molecule has 3 nitrogen and oxygen atoms in total. The van der Waals surface area contributed by atoms with Gasteiger partial charge in [-0.15, -0.1) is 0 Å². The lowest BCUT2D eigenvalue weighted by Crippen LogP contribution is -2.32. The summed E-state index contributed by atoms with van der Waals surface area (Å²) in [5.74, 6) is 0.217. The third kappa shape index (κ3) is 3.02. The van der Waals surface area contributed by atoms with Crippen LogP contribution in [0.1, 0.15) is 13.8 Å². The maximum Gasteiger partial charge on any atom is 0.492 e. The minimum Gasteiger partial charge on any atom is -0.490 e. The van der Waals surface area contributed by atoms with Crippen LogP contribution in [0.5, 0.6) is 5.75 Å². The molecule has 0 radical (unpaired) electrons. The van der Waals surface area contributed by atoms with Crippen LogP contribution in [0.2, 0.25) is 10.0 Å². The minimum absolute atomic E-state index is 0.126. The van der Waals surface area contributed by atoms with E-state index < -0.39 is 7.12 Å². The number of rotatable bonds is 3. The first-order chi connectivity index (χ1) is 6.93. The van der Waals surface area contributed by atoms with E-state index in [0.29, 0.717) is 5.02 Å². The zero-order chi connectivity index (χ0) is 11.6. The molecular weight excluding hydrogens is 238 g/mol. The third-order valence-corrected chi connectivity index (χ3v) is 2.50. The Morgan fingerprint density at radius 1 is 1.27 bits per heavy atom. The van der Waals surface area contributed by atoms with E-state index in [1.165, 1.54) is 12.1 Å². The number of halogens is 2. The fourth-order valence-electron chi connectivity index (χ4n) is 1.11. The summed E-state index contributed by atoms with van der Waals surface area (Å²) in [5.41, 5.74) is 0.207. The van der Waals surface area contributed by atoms with Gasteiger partial charge in [0.15, 0.2) is 0 Å². The van der Waals surface area contributed by atoms with Gasteiger partial charge in [-0.25, -0.2) is 0 Å². The molecule has 0 amide bonds. The second-order valence-electron chi connectivity index (χ2n) is 3.32. The SMILES string of the molecule is CC(C)Oc1c(B(O)O)ccc(Cl)c1Cl. The zero-order valence-corrected chi connectivity index (χ0v) is 9.88. The molecule has 2 N–H and O–H groups in total. The lowest BCUT2D eigenvalue weighted by molar-refractivity contribution is 0.243. The minimum atomic E-state index is -1.63. The van der Waals surface area contributed by atoms with Gasteiger partial charge in [0, 0.05) is 5.46 Å². The van der Waals surface area contributed by atoms with Crippen LogP contribution in [0, 0.1) is 0 Å². The van der Waals surface area contributed by atoms with Crippen LogP contribution in [0.25, 0.3) is 0 Å². The van der Waals surface area contributed by atoms with Crippen molar-refractivity contribution < 1.29 is 14.8 Å². The molecule has 0 saturated heterocycles. The van der Waals surface area contributed by atoms with E-state index in [0.717, 1.165) is 0 Å². The Labute approximate surface area is 98.7 Å². The monoisotopic (exact) mass is 248 g/mol. The van der Waals surface area contributed by atoms with Crippen molar-refractivity contribution in [2.75, 3.05) is 0 Å². The van der Waals surface area contributed by atoms with Gasteiger partial charge < -0.3 is 14.8 Å². The van der Waals surface area contributed by atoms with Crippen LogP contribution in [0.3, 0.4) is 0 Å². The molecule has 15 heavy (non-hydrogen) atoms. The Bertz CT molecular complexity index is 355. The van der Waals surface area contributed by atoms with E-state index in [1.54, 1.807) is 0 Å². The van der Waals surface area contributed by atoms with Crippen LogP contribution in [0.15, 0.2) is 12.1 Å². The fourth-order valence-corrected chi connectivity index (χ4v) is 1.47. The zero-order valence-electron chi connectivity index (χ0n) is 8.37. The normalized spacial score (nSPS) is 10.6. The Morgan fingerprint density at radius 2 is 1.87 bits per heavy atom. The molecule has 82 valence electrons. The van der Waals surface area contributed by atoms with Crippen molar-refractivity contribution in [2.45, 2.75) is 20.0 Å². The molecule has 0 aliphatic rings. The summed E-state index contributed by atoms with van der Waals surface area (Å²) in [7, 11) is -1.63. The first-order valence-corrected chi connectivity index (χ1v) is 5.19. The summed E-state index contributed by atoms with van der Waals surface area (Å²) in [6, 6.07) is 2.96. The van der Waals surface area contributed by atoms with E-state index in [1.807, 2.05) is 13.8 Å². The molecule has 0 aliphatic carbocycles. The summed E-state index contributed by atoms with van der Waals surface area (Å²) in [6.07, 6.45) is -0.126. The van der Waals surface area contributed by atoms with Gasteiger partial charge in [0.25, 0.3) is 0 Å². The van der Waals surface area contributed by atoms with Crippen LogP contribution in [0.4, 0.5) is 0 Å². The van der Waals surface area contributed by atoms with Gasteiger partial charge in [0.05, 0.1) is 11.1 Å². The third-order valence-electron chi connectivity index (χ3n) is 1.71. The summed E-state index contributed by atoms with van der Waals surface area (Å²) in [5, 5.41) is 18.7. The Hall–Kier alpha value is -0.415. The molecule has 0 aliphatic heterocycles.